The summed E-state index contributed by atoms with van der Waals surface area (Å²) in [5, 5.41) is 0. The Hall–Kier alpha value is -2.38. The van der Waals surface area contributed by atoms with Crippen LogP contribution in [0.4, 0.5) is 9.59 Å². The van der Waals surface area contributed by atoms with Crippen LogP contribution in [0.25, 0.3) is 0 Å². The molecule has 180 valence electrons. The largest absolute Gasteiger partial charge is 0.502 e. The van der Waals surface area contributed by atoms with Crippen molar-refractivity contribution in [3.05, 3.63) is 25.7 Å². The van der Waals surface area contributed by atoms with Crippen molar-refractivity contribution in [3.63, 3.8) is 0 Å². The minimum Gasteiger partial charge on any atom is -0.502 e. The molecule has 0 N–H and O–H groups in total. The molecule has 0 radical (unpaired) electrons. The number of nitrogens with zero attached hydrogens (tertiary/aromatic N) is 2. The second-order valence-corrected chi connectivity index (χ2v) is 7.45. The molecule has 0 bridgehead atoms. The first-order valence-corrected chi connectivity index (χ1v) is 11.2. The predicted octanol–water partition coefficient (Wildman–Crippen LogP) is 4.95. The van der Waals surface area contributed by atoms with Crippen molar-refractivity contribution in [2.75, 3.05) is 47.1 Å². The molecular formula is C23H42N2O6. The zero-order chi connectivity index (χ0) is 23.3. The Labute approximate surface area is 188 Å². The fourth-order valence-electron chi connectivity index (χ4n) is 2.70. The van der Waals surface area contributed by atoms with Crippen LogP contribution in [-0.2, 0) is 18.9 Å². The summed E-state index contributed by atoms with van der Waals surface area (Å²) in [6, 6.07) is 0.101. The Morgan fingerprint density at radius 3 is 1.84 bits per heavy atom. The lowest BCUT2D eigenvalue weighted by molar-refractivity contribution is 0.0937. The Morgan fingerprint density at radius 2 is 1.29 bits per heavy atom. The first-order chi connectivity index (χ1) is 14.9. The maximum absolute atomic E-state index is 12.1. The Kier molecular flexibility index (Phi) is 18.1. The fourth-order valence-corrected chi connectivity index (χ4v) is 2.70. The normalized spacial score (nSPS) is 11.2. The number of ether oxygens (including phenoxy) is 4. The van der Waals surface area contributed by atoms with E-state index < -0.39 is 0 Å². The van der Waals surface area contributed by atoms with Gasteiger partial charge in [-0.2, -0.15) is 0 Å². The summed E-state index contributed by atoms with van der Waals surface area (Å²) in [6.45, 7) is 11.6. The summed E-state index contributed by atoms with van der Waals surface area (Å²) in [7, 11) is 3.51. The summed E-state index contributed by atoms with van der Waals surface area (Å²) in [4.78, 5) is 27.2. The summed E-state index contributed by atoms with van der Waals surface area (Å²) in [6.07, 6.45) is 9.16. The molecule has 0 rings (SSSR count). The van der Waals surface area contributed by atoms with Gasteiger partial charge in [-0.3, -0.25) is 0 Å². The number of carbonyl (C=O) groups is 2. The van der Waals surface area contributed by atoms with E-state index in [9.17, 15) is 9.59 Å². The third kappa shape index (κ3) is 16.0. The van der Waals surface area contributed by atoms with Gasteiger partial charge in [0.1, 0.15) is 0 Å². The van der Waals surface area contributed by atoms with Gasteiger partial charge in [0.25, 0.3) is 0 Å². The topological polar surface area (TPSA) is 77.5 Å². The highest BCUT2D eigenvalue weighted by atomic mass is 16.6. The lowest BCUT2D eigenvalue weighted by Gasteiger charge is -2.24. The van der Waals surface area contributed by atoms with Crippen molar-refractivity contribution >= 4 is 12.2 Å². The highest BCUT2D eigenvalue weighted by Gasteiger charge is 2.16. The number of hydrogen-bond acceptors (Lipinski definition) is 6. The third-order valence-electron chi connectivity index (χ3n) is 4.88. The molecule has 8 nitrogen and oxygen atoms in total. The van der Waals surface area contributed by atoms with Gasteiger partial charge in [-0.1, -0.05) is 26.0 Å². The van der Waals surface area contributed by atoms with E-state index in [0.717, 1.165) is 51.4 Å². The van der Waals surface area contributed by atoms with Crippen LogP contribution in [0.2, 0.25) is 0 Å². The lowest BCUT2D eigenvalue weighted by Crippen LogP contribution is -2.35. The zero-order valence-corrected chi connectivity index (χ0v) is 19.7. The predicted molar refractivity (Wildman–Crippen MR) is 122 cm³/mol. The molecule has 1 unspecified atom stereocenters. The van der Waals surface area contributed by atoms with Gasteiger partial charge in [-0.05, 0) is 45.4 Å². The third-order valence-corrected chi connectivity index (χ3v) is 4.88. The summed E-state index contributed by atoms with van der Waals surface area (Å²) in [5.41, 5.74) is 0. The standard InChI is InChI=1S/C23H42N2O6/c1-6-28-17-11-13-19-30-22(26)24(4)16-10-8-9-15-21(3)25(5)23(27)31-20-14-12-18-29-7-2/h6-7,21H,1-2,8-20H2,3-5H3. The molecule has 0 spiro atoms. The maximum atomic E-state index is 12.1. The molecule has 8 heteroatoms. The minimum atomic E-state index is -0.296. The van der Waals surface area contributed by atoms with Crippen molar-refractivity contribution in [1.29, 1.82) is 0 Å². The van der Waals surface area contributed by atoms with Crippen molar-refractivity contribution in [2.45, 2.75) is 64.3 Å². The highest BCUT2D eigenvalue weighted by molar-refractivity contribution is 5.67. The van der Waals surface area contributed by atoms with Crippen molar-refractivity contribution in [3.8, 4) is 0 Å². The van der Waals surface area contributed by atoms with E-state index in [2.05, 4.69) is 13.2 Å². The monoisotopic (exact) mass is 442 g/mol. The molecule has 1 atom stereocenters. The van der Waals surface area contributed by atoms with Crippen LogP contribution in [-0.4, -0.2) is 75.1 Å². The SMILES string of the molecule is C=COCCCCOC(=O)N(C)CCCCCC(C)N(C)C(=O)OCCCCOC=C. The number of carbonyl (C=O) groups excluding carboxylic acids is 2. The van der Waals surface area contributed by atoms with E-state index in [0.29, 0.717) is 33.0 Å². The van der Waals surface area contributed by atoms with E-state index in [1.807, 2.05) is 6.92 Å². The molecule has 0 saturated carbocycles. The maximum Gasteiger partial charge on any atom is 0.409 e. The molecule has 0 aromatic heterocycles. The smallest absolute Gasteiger partial charge is 0.409 e. The lowest BCUT2D eigenvalue weighted by atomic mass is 10.1. The Bertz CT molecular complexity index is 500. The van der Waals surface area contributed by atoms with E-state index in [1.165, 1.54) is 12.5 Å². The van der Waals surface area contributed by atoms with Gasteiger partial charge < -0.3 is 28.7 Å². The molecule has 2 amide bonds. The van der Waals surface area contributed by atoms with Crippen LogP contribution < -0.4 is 0 Å². The first-order valence-electron chi connectivity index (χ1n) is 11.2. The molecule has 0 heterocycles. The van der Waals surface area contributed by atoms with Crippen LogP contribution in [0.1, 0.15) is 58.3 Å². The molecule has 0 aliphatic carbocycles. The Balaban J connectivity index is 3.76. The number of hydrogen-bond donors (Lipinski definition) is 0. The average Bonchev–Trinajstić information content (AvgIpc) is 2.76. The molecule has 0 saturated heterocycles. The summed E-state index contributed by atoms with van der Waals surface area (Å²) < 4.78 is 20.6. The van der Waals surface area contributed by atoms with Crippen LogP contribution >= 0.6 is 0 Å². The van der Waals surface area contributed by atoms with Gasteiger partial charge in [-0.15, -0.1) is 0 Å². The average molecular weight is 443 g/mol. The minimum absolute atomic E-state index is 0.101. The highest BCUT2D eigenvalue weighted by Crippen LogP contribution is 2.10. The van der Waals surface area contributed by atoms with Crippen molar-refractivity contribution in [1.82, 2.24) is 9.80 Å². The first kappa shape index (κ1) is 28.6. The van der Waals surface area contributed by atoms with Crippen molar-refractivity contribution in [2.24, 2.45) is 0 Å². The fraction of sp³-hybridized carbons (Fsp3) is 0.739. The van der Waals surface area contributed by atoms with Gasteiger partial charge in [0.05, 0.1) is 39.0 Å². The second kappa shape index (κ2) is 19.6. The summed E-state index contributed by atoms with van der Waals surface area (Å²) in [5.74, 6) is 0. The van der Waals surface area contributed by atoms with E-state index in [-0.39, 0.29) is 18.2 Å². The van der Waals surface area contributed by atoms with Gasteiger partial charge >= 0.3 is 12.2 Å². The van der Waals surface area contributed by atoms with E-state index >= 15 is 0 Å². The molecule has 31 heavy (non-hydrogen) atoms. The molecule has 0 aromatic rings. The second-order valence-electron chi connectivity index (χ2n) is 7.45. The zero-order valence-electron chi connectivity index (χ0n) is 19.7. The van der Waals surface area contributed by atoms with Crippen LogP contribution in [0.15, 0.2) is 25.7 Å². The van der Waals surface area contributed by atoms with Gasteiger partial charge in [-0.25, -0.2) is 9.59 Å². The molecule has 0 aromatic carbocycles. The summed E-state index contributed by atoms with van der Waals surface area (Å²) >= 11 is 0. The van der Waals surface area contributed by atoms with Crippen molar-refractivity contribution < 1.29 is 28.5 Å². The van der Waals surface area contributed by atoms with Crippen LogP contribution in [0.5, 0.6) is 0 Å². The van der Waals surface area contributed by atoms with Gasteiger partial charge in [0.15, 0.2) is 0 Å². The molecular weight excluding hydrogens is 400 g/mol. The number of unbranched alkanes of at least 4 members (excludes halogenated alkanes) is 4. The molecule has 0 aliphatic heterocycles. The van der Waals surface area contributed by atoms with Crippen LogP contribution in [0.3, 0.4) is 0 Å². The Morgan fingerprint density at radius 1 is 0.774 bits per heavy atom. The van der Waals surface area contributed by atoms with Gasteiger partial charge in [0, 0.05) is 26.7 Å². The van der Waals surface area contributed by atoms with E-state index in [4.69, 9.17) is 18.9 Å². The van der Waals surface area contributed by atoms with Crippen LogP contribution in [0, 0.1) is 0 Å². The number of rotatable bonds is 19. The van der Waals surface area contributed by atoms with Gasteiger partial charge in [0.2, 0.25) is 0 Å². The number of amides is 2. The quantitative estimate of drug-likeness (QED) is 0.208. The van der Waals surface area contributed by atoms with E-state index in [1.54, 1.807) is 23.9 Å². The molecule has 0 aliphatic rings. The molecule has 0 fully saturated rings.